The fraction of sp³-hybridized carbons (Fsp3) is 0.368. The van der Waals surface area contributed by atoms with Crippen molar-refractivity contribution in [1.29, 1.82) is 0 Å². The zero-order valence-corrected chi connectivity index (χ0v) is 15.0. The average molecular weight is 394 g/mol. The Labute approximate surface area is 150 Å². The molecule has 1 fully saturated rings. The fourth-order valence-corrected chi connectivity index (χ4v) is 3.15. The van der Waals surface area contributed by atoms with Crippen LogP contribution in [0.25, 0.3) is 0 Å². The van der Waals surface area contributed by atoms with Crippen molar-refractivity contribution in [2.75, 3.05) is 13.2 Å². The van der Waals surface area contributed by atoms with Crippen molar-refractivity contribution < 1.29 is 13.9 Å². The van der Waals surface area contributed by atoms with Crippen LogP contribution in [0.15, 0.2) is 46.9 Å². The van der Waals surface area contributed by atoms with Crippen LogP contribution in [-0.4, -0.2) is 19.3 Å². The SMILES string of the molecule is Fc1ccc(COc2ccc(Br)cc2CNC[C@H]2CCCO2)cc1. The zero-order valence-electron chi connectivity index (χ0n) is 13.4. The highest BCUT2D eigenvalue weighted by Gasteiger charge is 2.15. The van der Waals surface area contributed by atoms with Crippen LogP contribution in [0.1, 0.15) is 24.0 Å². The Bertz CT molecular complexity index is 657. The van der Waals surface area contributed by atoms with Crippen molar-refractivity contribution in [3.63, 3.8) is 0 Å². The second kappa shape index (κ2) is 8.60. The van der Waals surface area contributed by atoms with E-state index in [9.17, 15) is 4.39 Å². The topological polar surface area (TPSA) is 30.5 Å². The van der Waals surface area contributed by atoms with Gasteiger partial charge in [0.2, 0.25) is 0 Å². The third-order valence-corrected chi connectivity index (χ3v) is 4.53. The molecule has 0 aliphatic carbocycles. The lowest BCUT2D eigenvalue weighted by molar-refractivity contribution is 0.110. The molecule has 0 spiro atoms. The molecular formula is C19H21BrFNO2. The Morgan fingerprint density at radius 2 is 2.04 bits per heavy atom. The molecule has 0 amide bonds. The van der Waals surface area contributed by atoms with E-state index in [1.54, 1.807) is 12.1 Å². The first-order valence-corrected chi connectivity index (χ1v) is 8.98. The Balaban J connectivity index is 1.58. The molecule has 128 valence electrons. The molecule has 3 rings (SSSR count). The Hall–Kier alpha value is -1.43. The van der Waals surface area contributed by atoms with Crippen molar-refractivity contribution >= 4 is 15.9 Å². The van der Waals surface area contributed by atoms with E-state index in [0.29, 0.717) is 12.7 Å². The molecule has 1 aliphatic rings. The van der Waals surface area contributed by atoms with Crippen LogP contribution in [0.3, 0.4) is 0 Å². The lowest BCUT2D eigenvalue weighted by atomic mass is 10.2. The van der Waals surface area contributed by atoms with Gasteiger partial charge in [0.05, 0.1) is 6.10 Å². The highest BCUT2D eigenvalue weighted by Crippen LogP contribution is 2.24. The quantitative estimate of drug-likeness (QED) is 0.754. The molecule has 1 aliphatic heterocycles. The number of nitrogens with one attached hydrogen (secondary N) is 1. The average Bonchev–Trinajstić information content (AvgIpc) is 3.09. The van der Waals surface area contributed by atoms with Crippen LogP contribution in [0.4, 0.5) is 4.39 Å². The maximum absolute atomic E-state index is 13.0. The molecule has 1 atom stereocenters. The van der Waals surface area contributed by atoms with Gasteiger partial charge in [-0.3, -0.25) is 0 Å². The van der Waals surface area contributed by atoms with Gasteiger partial charge in [0.1, 0.15) is 18.2 Å². The van der Waals surface area contributed by atoms with E-state index in [1.807, 2.05) is 12.1 Å². The minimum Gasteiger partial charge on any atom is -0.489 e. The van der Waals surface area contributed by atoms with Crippen LogP contribution in [0, 0.1) is 5.82 Å². The normalized spacial score (nSPS) is 17.2. The fourth-order valence-electron chi connectivity index (χ4n) is 2.74. The van der Waals surface area contributed by atoms with E-state index in [0.717, 1.165) is 53.9 Å². The van der Waals surface area contributed by atoms with Gasteiger partial charge in [-0.1, -0.05) is 28.1 Å². The summed E-state index contributed by atoms with van der Waals surface area (Å²) in [6, 6.07) is 12.4. The first-order chi connectivity index (χ1) is 11.7. The molecule has 2 aromatic carbocycles. The molecule has 2 aromatic rings. The Kier molecular flexibility index (Phi) is 6.24. The first kappa shape index (κ1) is 17.4. The maximum atomic E-state index is 13.0. The van der Waals surface area contributed by atoms with E-state index < -0.39 is 0 Å². The molecule has 0 unspecified atom stereocenters. The van der Waals surface area contributed by atoms with Crippen molar-refractivity contribution in [2.45, 2.75) is 32.1 Å². The number of ether oxygens (including phenoxy) is 2. The summed E-state index contributed by atoms with van der Waals surface area (Å²) in [4.78, 5) is 0. The summed E-state index contributed by atoms with van der Waals surface area (Å²) in [6.07, 6.45) is 2.59. The first-order valence-electron chi connectivity index (χ1n) is 8.19. The van der Waals surface area contributed by atoms with E-state index in [2.05, 4.69) is 27.3 Å². The summed E-state index contributed by atoms with van der Waals surface area (Å²) in [5.74, 6) is 0.601. The van der Waals surface area contributed by atoms with Crippen LogP contribution in [0.5, 0.6) is 5.75 Å². The summed E-state index contributed by atoms with van der Waals surface area (Å²) in [5, 5.41) is 3.44. The van der Waals surface area contributed by atoms with E-state index in [-0.39, 0.29) is 5.82 Å². The molecule has 0 saturated carbocycles. The predicted molar refractivity (Wildman–Crippen MR) is 95.6 cm³/mol. The minimum atomic E-state index is -0.235. The van der Waals surface area contributed by atoms with Gasteiger partial charge < -0.3 is 14.8 Å². The van der Waals surface area contributed by atoms with Gasteiger partial charge in [0.25, 0.3) is 0 Å². The molecule has 0 bridgehead atoms. The molecule has 24 heavy (non-hydrogen) atoms. The molecule has 1 N–H and O–H groups in total. The van der Waals surface area contributed by atoms with Gasteiger partial charge in [0, 0.05) is 29.7 Å². The highest BCUT2D eigenvalue weighted by molar-refractivity contribution is 9.10. The minimum absolute atomic E-state index is 0.235. The van der Waals surface area contributed by atoms with Crippen LogP contribution in [-0.2, 0) is 17.9 Å². The summed E-state index contributed by atoms with van der Waals surface area (Å²) < 4.78 is 25.5. The Morgan fingerprint density at radius 3 is 2.79 bits per heavy atom. The van der Waals surface area contributed by atoms with Crippen molar-refractivity contribution in [3.8, 4) is 5.75 Å². The molecular weight excluding hydrogens is 373 g/mol. The predicted octanol–water partition coefficient (Wildman–Crippen LogP) is 4.44. The summed E-state index contributed by atoms with van der Waals surface area (Å²) in [7, 11) is 0. The van der Waals surface area contributed by atoms with Gasteiger partial charge in [-0.25, -0.2) is 4.39 Å². The second-order valence-corrected chi connectivity index (χ2v) is 6.85. The van der Waals surface area contributed by atoms with Crippen LogP contribution < -0.4 is 10.1 Å². The van der Waals surface area contributed by atoms with Crippen LogP contribution in [0.2, 0.25) is 0 Å². The maximum Gasteiger partial charge on any atom is 0.124 e. The third kappa shape index (κ3) is 5.03. The molecule has 0 aromatic heterocycles. The van der Waals surface area contributed by atoms with Crippen molar-refractivity contribution in [2.24, 2.45) is 0 Å². The van der Waals surface area contributed by atoms with Crippen LogP contribution >= 0.6 is 15.9 Å². The van der Waals surface area contributed by atoms with Crippen molar-refractivity contribution in [3.05, 3.63) is 63.9 Å². The number of hydrogen-bond acceptors (Lipinski definition) is 3. The largest absolute Gasteiger partial charge is 0.489 e. The smallest absolute Gasteiger partial charge is 0.124 e. The van der Waals surface area contributed by atoms with Gasteiger partial charge in [0.15, 0.2) is 0 Å². The zero-order chi connectivity index (χ0) is 16.8. The summed E-state index contributed by atoms with van der Waals surface area (Å²) in [6.45, 7) is 2.86. The summed E-state index contributed by atoms with van der Waals surface area (Å²) in [5.41, 5.74) is 2.03. The lowest BCUT2D eigenvalue weighted by Gasteiger charge is -2.15. The van der Waals surface area contributed by atoms with Crippen molar-refractivity contribution in [1.82, 2.24) is 5.32 Å². The van der Waals surface area contributed by atoms with Gasteiger partial charge >= 0.3 is 0 Å². The molecule has 0 radical (unpaired) electrons. The van der Waals surface area contributed by atoms with Gasteiger partial charge in [-0.15, -0.1) is 0 Å². The number of halogens is 2. The second-order valence-electron chi connectivity index (χ2n) is 5.93. The van der Waals surface area contributed by atoms with E-state index in [4.69, 9.17) is 9.47 Å². The molecule has 5 heteroatoms. The molecule has 3 nitrogen and oxygen atoms in total. The highest BCUT2D eigenvalue weighted by atomic mass is 79.9. The molecule has 1 heterocycles. The van der Waals surface area contributed by atoms with Gasteiger partial charge in [-0.2, -0.15) is 0 Å². The standard InChI is InChI=1S/C19H21BrFNO2/c20-16-5-8-19(24-13-14-3-6-17(21)7-4-14)15(10-16)11-22-12-18-2-1-9-23-18/h3-8,10,18,22H,1-2,9,11-13H2/t18-/m1/s1. The molecule has 1 saturated heterocycles. The number of rotatable bonds is 7. The van der Waals surface area contributed by atoms with E-state index >= 15 is 0 Å². The lowest BCUT2D eigenvalue weighted by Crippen LogP contribution is -2.26. The number of hydrogen-bond donors (Lipinski definition) is 1. The third-order valence-electron chi connectivity index (χ3n) is 4.04. The monoisotopic (exact) mass is 393 g/mol. The summed E-state index contributed by atoms with van der Waals surface area (Å²) >= 11 is 3.51. The number of benzene rings is 2. The van der Waals surface area contributed by atoms with E-state index in [1.165, 1.54) is 12.1 Å². The van der Waals surface area contributed by atoms with Gasteiger partial charge in [-0.05, 0) is 48.7 Å². The Morgan fingerprint density at radius 1 is 1.21 bits per heavy atom.